The van der Waals surface area contributed by atoms with Crippen molar-refractivity contribution in [2.24, 2.45) is 10.3 Å². The van der Waals surface area contributed by atoms with Crippen LogP contribution in [0.25, 0.3) is 0 Å². The smallest absolute Gasteiger partial charge is 0.279 e. The first-order chi connectivity index (χ1) is 9.03. The lowest BCUT2D eigenvalue weighted by Gasteiger charge is -2.11. The van der Waals surface area contributed by atoms with Gasteiger partial charge < -0.3 is 20.5 Å². The highest BCUT2D eigenvalue weighted by Crippen LogP contribution is 2.25. The lowest BCUT2D eigenvalue weighted by molar-refractivity contribution is -0.110. The number of benzene rings is 1. The van der Waals surface area contributed by atoms with E-state index in [-0.39, 0.29) is 11.4 Å². The lowest BCUT2D eigenvalue weighted by atomic mass is 10.2. The number of nitrogens with one attached hydrogen (secondary N) is 1. The van der Waals surface area contributed by atoms with E-state index in [2.05, 4.69) is 15.6 Å². The summed E-state index contributed by atoms with van der Waals surface area (Å²) in [6.07, 6.45) is 0. The maximum Gasteiger partial charge on any atom is 0.279 e. The van der Waals surface area contributed by atoms with Crippen LogP contribution in [-0.2, 0) is 4.79 Å². The maximum atomic E-state index is 11.8. The fraction of sp³-hybridized carbons (Fsp3) is 0.250. The Hall–Kier alpha value is -2.57. The van der Waals surface area contributed by atoms with Gasteiger partial charge in [-0.25, -0.2) is 0 Å². The van der Waals surface area contributed by atoms with Gasteiger partial charge in [0, 0.05) is 0 Å². The standard InChI is InChI=1S/C12H15N3O4/c1-7-4-5-9(10(6-7)19-3)13-12(16)11(15-18)8(2)14-17/h4-6,17-18H,1-3H3,(H,13,16)/b14-8+,15-11-. The van der Waals surface area contributed by atoms with Gasteiger partial charge in [0.1, 0.15) is 11.5 Å². The zero-order valence-electron chi connectivity index (χ0n) is 10.8. The molecule has 0 saturated carbocycles. The van der Waals surface area contributed by atoms with Gasteiger partial charge in [0.15, 0.2) is 5.71 Å². The number of ether oxygens (including phenoxy) is 1. The Morgan fingerprint density at radius 1 is 1.32 bits per heavy atom. The number of amides is 1. The molecule has 0 radical (unpaired) electrons. The van der Waals surface area contributed by atoms with Crippen molar-refractivity contribution in [2.45, 2.75) is 13.8 Å². The van der Waals surface area contributed by atoms with E-state index in [1.54, 1.807) is 18.2 Å². The van der Waals surface area contributed by atoms with Gasteiger partial charge in [-0.15, -0.1) is 0 Å². The molecular weight excluding hydrogens is 250 g/mol. The molecule has 3 N–H and O–H groups in total. The third-order valence-electron chi connectivity index (χ3n) is 2.41. The highest BCUT2D eigenvalue weighted by Gasteiger charge is 2.18. The summed E-state index contributed by atoms with van der Waals surface area (Å²) in [7, 11) is 1.48. The lowest BCUT2D eigenvalue weighted by Crippen LogP contribution is -2.29. The molecule has 0 aliphatic heterocycles. The van der Waals surface area contributed by atoms with E-state index in [4.69, 9.17) is 15.2 Å². The number of nitrogens with zero attached hydrogens (tertiary/aromatic N) is 2. The first-order valence-corrected chi connectivity index (χ1v) is 5.40. The molecule has 0 aliphatic rings. The number of methoxy groups -OCH3 is 1. The molecule has 102 valence electrons. The summed E-state index contributed by atoms with van der Waals surface area (Å²) in [5.41, 5.74) is 0.903. The Morgan fingerprint density at radius 2 is 2.00 bits per heavy atom. The molecular formula is C12H15N3O4. The molecule has 0 spiro atoms. The summed E-state index contributed by atoms with van der Waals surface area (Å²) < 4.78 is 5.13. The highest BCUT2D eigenvalue weighted by molar-refractivity contribution is 6.68. The summed E-state index contributed by atoms with van der Waals surface area (Å²) in [5.74, 6) is -0.232. The summed E-state index contributed by atoms with van der Waals surface area (Å²) in [6, 6.07) is 5.20. The van der Waals surface area contributed by atoms with Crippen LogP contribution in [0.2, 0.25) is 0 Å². The molecule has 0 fully saturated rings. The number of aryl methyl sites for hydroxylation is 1. The quantitative estimate of drug-likeness (QED) is 0.437. The van der Waals surface area contributed by atoms with Gasteiger partial charge in [0.05, 0.1) is 12.8 Å². The van der Waals surface area contributed by atoms with E-state index >= 15 is 0 Å². The molecule has 1 rings (SSSR count). The average molecular weight is 265 g/mol. The van der Waals surface area contributed by atoms with E-state index in [1.165, 1.54) is 14.0 Å². The summed E-state index contributed by atoms with van der Waals surface area (Å²) in [5, 5.41) is 25.5. The number of hydrogen-bond donors (Lipinski definition) is 3. The van der Waals surface area contributed by atoms with Crippen molar-refractivity contribution in [1.29, 1.82) is 0 Å². The van der Waals surface area contributed by atoms with Gasteiger partial charge in [-0.05, 0) is 31.5 Å². The van der Waals surface area contributed by atoms with Crippen molar-refractivity contribution in [3.63, 3.8) is 0 Å². The van der Waals surface area contributed by atoms with Crippen LogP contribution in [0, 0.1) is 6.92 Å². The van der Waals surface area contributed by atoms with Crippen LogP contribution in [0.1, 0.15) is 12.5 Å². The minimum atomic E-state index is -0.708. The molecule has 0 aromatic heterocycles. The molecule has 0 bridgehead atoms. The van der Waals surface area contributed by atoms with Crippen LogP contribution in [0.5, 0.6) is 5.75 Å². The second-order valence-corrected chi connectivity index (χ2v) is 3.79. The van der Waals surface area contributed by atoms with Crippen LogP contribution < -0.4 is 10.1 Å². The molecule has 1 aromatic carbocycles. The first kappa shape index (κ1) is 14.5. The van der Waals surface area contributed by atoms with E-state index < -0.39 is 5.91 Å². The monoisotopic (exact) mass is 265 g/mol. The molecule has 0 aliphatic carbocycles. The Morgan fingerprint density at radius 3 is 2.53 bits per heavy atom. The molecule has 0 atom stereocenters. The van der Waals surface area contributed by atoms with Gasteiger partial charge in [0.25, 0.3) is 5.91 Å². The van der Waals surface area contributed by atoms with Gasteiger partial charge in [-0.2, -0.15) is 0 Å². The average Bonchev–Trinajstić information content (AvgIpc) is 2.41. The van der Waals surface area contributed by atoms with E-state index in [9.17, 15) is 4.79 Å². The summed E-state index contributed by atoms with van der Waals surface area (Å²) in [4.78, 5) is 11.8. The predicted molar refractivity (Wildman–Crippen MR) is 70.5 cm³/mol. The van der Waals surface area contributed by atoms with Crippen LogP contribution >= 0.6 is 0 Å². The van der Waals surface area contributed by atoms with Crippen molar-refractivity contribution >= 4 is 23.0 Å². The Kier molecular flexibility index (Phi) is 4.87. The van der Waals surface area contributed by atoms with Crippen molar-refractivity contribution in [3.8, 4) is 5.75 Å². The van der Waals surface area contributed by atoms with Gasteiger partial charge >= 0.3 is 0 Å². The highest BCUT2D eigenvalue weighted by atomic mass is 16.5. The topological polar surface area (TPSA) is 104 Å². The number of carbonyl (C=O) groups is 1. The van der Waals surface area contributed by atoms with Crippen LogP contribution in [0.15, 0.2) is 28.5 Å². The van der Waals surface area contributed by atoms with Gasteiger partial charge in [-0.1, -0.05) is 16.4 Å². The molecule has 0 heterocycles. The van der Waals surface area contributed by atoms with E-state index in [1.807, 2.05) is 6.92 Å². The number of oxime groups is 2. The van der Waals surface area contributed by atoms with Crippen molar-refractivity contribution in [1.82, 2.24) is 0 Å². The minimum Gasteiger partial charge on any atom is -0.495 e. The number of anilines is 1. The van der Waals surface area contributed by atoms with E-state index in [0.29, 0.717) is 11.4 Å². The Labute approximate surface area is 110 Å². The molecule has 19 heavy (non-hydrogen) atoms. The maximum absolute atomic E-state index is 11.8. The first-order valence-electron chi connectivity index (χ1n) is 5.40. The van der Waals surface area contributed by atoms with E-state index in [0.717, 1.165) is 5.56 Å². The SMILES string of the molecule is COc1cc(C)ccc1NC(=O)C(=N\O)/C(C)=N/O. The van der Waals surface area contributed by atoms with Crippen molar-refractivity contribution in [2.75, 3.05) is 12.4 Å². The molecule has 1 amide bonds. The fourth-order valence-electron chi connectivity index (χ4n) is 1.41. The fourth-order valence-corrected chi connectivity index (χ4v) is 1.41. The minimum absolute atomic E-state index is 0.105. The number of carbonyl (C=O) groups excluding carboxylic acids is 1. The van der Waals surface area contributed by atoms with Gasteiger partial charge in [0.2, 0.25) is 0 Å². The summed E-state index contributed by atoms with van der Waals surface area (Å²) >= 11 is 0. The van der Waals surface area contributed by atoms with Crippen molar-refractivity contribution in [3.05, 3.63) is 23.8 Å². The van der Waals surface area contributed by atoms with Gasteiger partial charge in [-0.3, -0.25) is 4.79 Å². The molecule has 7 nitrogen and oxygen atoms in total. The Bertz CT molecular complexity index is 538. The largest absolute Gasteiger partial charge is 0.495 e. The third kappa shape index (κ3) is 3.44. The second-order valence-electron chi connectivity index (χ2n) is 3.79. The van der Waals surface area contributed by atoms with Crippen molar-refractivity contribution < 1.29 is 19.9 Å². The summed E-state index contributed by atoms with van der Waals surface area (Å²) in [6.45, 7) is 3.22. The molecule has 0 saturated heterocycles. The molecule has 7 heteroatoms. The second kappa shape index (κ2) is 6.39. The normalized spacial score (nSPS) is 12.2. The number of rotatable bonds is 4. The molecule has 0 unspecified atom stereocenters. The number of hydrogen-bond acceptors (Lipinski definition) is 6. The van der Waals surface area contributed by atoms with Crippen LogP contribution in [-0.4, -0.2) is 34.9 Å². The van der Waals surface area contributed by atoms with Crippen LogP contribution in [0.3, 0.4) is 0 Å². The zero-order valence-corrected chi connectivity index (χ0v) is 10.8. The Balaban J connectivity index is 3.00. The van der Waals surface area contributed by atoms with Crippen LogP contribution in [0.4, 0.5) is 5.69 Å². The zero-order chi connectivity index (χ0) is 14.4. The molecule has 1 aromatic rings. The predicted octanol–water partition coefficient (Wildman–Crippen LogP) is 1.62. The third-order valence-corrected chi connectivity index (χ3v) is 2.41.